The van der Waals surface area contributed by atoms with Crippen molar-refractivity contribution in [2.75, 3.05) is 10.6 Å². The molecule has 0 saturated carbocycles. The third-order valence-electron chi connectivity index (χ3n) is 5.40. The van der Waals surface area contributed by atoms with E-state index in [1.807, 2.05) is 13.8 Å². The number of benzene rings is 4. The number of hydrogen-bond donors (Lipinski definition) is 4. The van der Waals surface area contributed by atoms with Crippen LogP contribution in [0, 0.1) is 13.8 Å². The van der Waals surface area contributed by atoms with E-state index in [9.17, 15) is 9.59 Å². The van der Waals surface area contributed by atoms with Crippen LogP contribution in [0.15, 0.2) is 72.8 Å². The Morgan fingerprint density at radius 1 is 0.579 bits per heavy atom. The zero-order valence-corrected chi connectivity index (χ0v) is 23.2. The Hall–Kier alpha value is -3.42. The van der Waals surface area contributed by atoms with Crippen molar-refractivity contribution in [1.29, 1.82) is 0 Å². The fourth-order valence-corrected chi connectivity index (χ4v) is 4.30. The number of nitrogens with one attached hydrogen (secondary N) is 2. The van der Waals surface area contributed by atoms with E-state index < -0.39 is 11.9 Å². The molecule has 10 heteroatoms. The predicted octanol–water partition coefficient (Wildman–Crippen LogP) is 9.49. The molecule has 0 fully saturated rings. The van der Waals surface area contributed by atoms with Crippen molar-refractivity contribution in [3.63, 3.8) is 0 Å². The number of carboxylic acid groups (broad SMARTS) is 2. The zero-order chi connectivity index (χ0) is 28.0. The summed E-state index contributed by atoms with van der Waals surface area (Å²) in [7, 11) is 0. The molecule has 4 N–H and O–H groups in total. The average molecular weight is 592 g/mol. The minimum atomic E-state index is -1.01. The van der Waals surface area contributed by atoms with Gasteiger partial charge in [0.1, 0.15) is 0 Å². The number of hydrogen-bond acceptors (Lipinski definition) is 4. The van der Waals surface area contributed by atoms with Gasteiger partial charge in [-0.05, 0) is 61.4 Å². The highest BCUT2D eigenvalue weighted by Crippen LogP contribution is 2.37. The molecule has 0 aromatic heterocycles. The van der Waals surface area contributed by atoms with Crippen molar-refractivity contribution in [3.05, 3.63) is 115 Å². The smallest absolute Gasteiger partial charge is 0.337 e. The highest BCUT2D eigenvalue weighted by atomic mass is 35.5. The molecule has 0 aliphatic rings. The fraction of sp³-hybridized carbons (Fsp3) is 0.0714. The summed E-state index contributed by atoms with van der Waals surface area (Å²) in [4.78, 5) is 22.3. The maximum atomic E-state index is 11.1. The molecule has 0 spiro atoms. The lowest BCUT2D eigenvalue weighted by molar-refractivity contribution is 0.0687. The van der Waals surface area contributed by atoms with Gasteiger partial charge in [-0.1, -0.05) is 82.8 Å². The number of carbonyl (C=O) groups is 2. The number of carboxylic acids is 2. The number of aryl methyl sites for hydroxylation is 2. The number of rotatable bonds is 6. The van der Waals surface area contributed by atoms with Crippen molar-refractivity contribution in [2.45, 2.75) is 13.8 Å². The van der Waals surface area contributed by atoms with E-state index >= 15 is 0 Å². The summed E-state index contributed by atoms with van der Waals surface area (Å²) in [6, 6.07) is 20.2. The maximum Gasteiger partial charge on any atom is 0.337 e. The van der Waals surface area contributed by atoms with Crippen molar-refractivity contribution >= 4 is 81.1 Å². The van der Waals surface area contributed by atoms with Crippen LogP contribution in [-0.4, -0.2) is 22.2 Å². The van der Waals surface area contributed by atoms with E-state index in [1.54, 1.807) is 60.7 Å². The van der Waals surface area contributed by atoms with Crippen molar-refractivity contribution < 1.29 is 19.8 Å². The van der Waals surface area contributed by atoms with Crippen LogP contribution >= 0.6 is 46.4 Å². The van der Waals surface area contributed by atoms with Crippen LogP contribution in [0.25, 0.3) is 0 Å². The van der Waals surface area contributed by atoms with Gasteiger partial charge in [-0.25, -0.2) is 9.59 Å². The normalized spacial score (nSPS) is 10.3. The second-order valence-corrected chi connectivity index (χ2v) is 9.63. The lowest BCUT2D eigenvalue weighted by Crippen LogP contribution is -2.03. The minimum absolute atomic E-state index is 0.163. The third kappa shape index (κ3) is 6.91. The first kappa shape index (κ1) is 29.1. The number of aromatic carboxylic acids is 2. The second-order valence-electron chi connectivity index (χ2n) is 8.06. The molecule has 0 heterocycles. The van der Waals surface area contributed by atoms with Crippen molar-refractivity contribution in [2.24, 2.45) is 0 Å². The highest BCUT2D eigenvalue weighted by Gasteiger charge is 2.15. The molecule has 0 atom stereocenters. The zero-order valence-electron chi connectivity index (χ0n) is 20.2. The van der Waals surface area contributed by atoms with Gasteiger partial charge in [0.2, 0.25) is 0 Å². The Labute approximate surface area is 239 Å². The second kappa shape index (κ2) is 12.9. The van der Waals surface area contributed by atoms with Crippen molar-refractivity contribution in [3.8, 4) is 0 Å². The first-order chi connectivity index (χ1) is 18.0. The quantitative estimate of drug-likeness (QED) is 0.178. The summed E-state index contributed by atoms with van der Waals surface area (Å²) in [5.74, 6) is -2.02. The Morgan fingerprint density at radius 2 is 0.921 bits per heavy atom. The Bertz CT molecular complexity index is 1400. The molecule has 0 amide bonds. The lowest BCUT2D eigenvalue weighted by Gasteiger charge is -2.13. The van der Waals surface area contributed by atoms with E-state index in [0.717, 1.165) is 11.1 Å². The lowest BCUT2D eigenvalue weighted by atomic mass is 10.1. The molecule has 0 bridgehead atoms. The summed E-state index contributed by atoms with van der Waals surface area (Å²) >= 11 is 24.5. The minimum Gasteiger partial charge on any atom is -0.478 e. The monoisotopic (exact) mass is 590 g/mol. The molecular weight excluding hydrogens is 570 g/mol. The van der Waals surface area contributed by atoms with E-state index in [4.69, 9.17) is 56.6 Å². The van der Waals surface area contributed by atoms with Gasteiger partial charge in [-0.15, -0.1) is 0 Å². The Morgan fingerprint density at radius 3 is 1.26 bits per heavy atom. The van der Waals surface area contributed by atoms with Gasteiger partial charge in [0, 0.05) is 0 Å². The molecular formula is C28H22Cl4N2O4. The molecule has 6 nitrogen and oxygen atoms in total. The Kier molecular flexibility index (Phi) is 9.89. The van der Waals surface area contributed by atoms with E-state index in [0.29, 0.717) is 42.8 Å². The summed E-state index contributed by atoms with van der Waals surface area (Å²) < 4.78 is 0. The maximum absolute atomic E-state index is 11.1. The molecule has 0 unspecified atom stereocenters. The predicted molar refractivity (Wildman–Crippen MR) is 156 cm³/mol. The molecule has 0 saturated heterocycles. The molecule has 0 aliphatic carbocycles. The van der Waals surface area contributed by atoms with Gasteiger partial charge in [-0.3, -0.25) is 0 Å². The number of halogens is 4. The number of anilines is 4. The standard InChI is InChI=1S/2C14H11Cl2NO2/c2*1-8-6-7-10(15)13(12(8)16)17-11-5-3-2-4-9(11)14(18)19/h2*2-7,17H,1H3,(H,18,19). The molecule has 196 valence electrons. The fourth-order valence-electron chi connectivity index (χ4n) is 3.37. The van der Waals surface area contributed by atoms with Gasteiger partial charge in [0.15, 0.2) is 0 Å². The van der Waals surface area contributed by atoms with E-state index in [2.05, 4.69) is 10.6 Å². The largest absolute Gasteiger partial charge is 0.478 e. The van der Waals surface area contributed by atoms with Gasteiger partial charge >= 0.3 is 11.9 Å². The van der Waals surface area contributed by atoms with Crippen LogP contribution in [-0.2, 0) is 0 Å². The van der Waals surface area contributed by atoms with E-state index in [1.165, 1.54) is 12.1 Å². The van der Waals surface area contributed by atoms with Crippen LogP contribution in [0.5, 0.6) is 0 Å². The highest BCUT2D eigenvalue weighted by molar-refractivity contribution is 6.40. The third-order valence-corrected chi connectivity index (χ3v) is 7.01. The van der Waals surface area contributed by atoms with Gasteiger partial charge in [0.25, 0.3) is 0 Å². The SMILES string of the molecule is Cc1ccc(Cl)c(Nc2ccccc2C(=O)O)c1Cl.Cc1ccc(Cl)c(Nc2ccccc2C(=O)O)c1Cl. The average Bonchev–Trinajstić information content (AvgIpc) is 2.89. The molecule has 4 aromatic carbocycles. The van der Waals surface area contributed by atoms with Crippen LogP contribution in [0.4, 0.5) is 22.7 Å². The molecule has 4 rings (SSSR count). The topological polar surface area (TPSA) is 98.7 Å². The van der Waals surface area contributed by atoms with Gasteiger partial charge in [0.05, 0.1) is 54.0 Å². The van der Waals surface area contributed by atoms with E-state index in [-0.39, 0.29) is 11.1 Å². The molecule has 0 aliphatic heterocycles. The first-order valence-electron chi connectivity index (χ1n) is 11.1. The van der Waals surface area contributed by atoms with Gasteiger partial charge in [-0.2, -0.15) is 0 Å². The van der Waals surface area contributed by atoms with Crippen LogP contribution in [0.3, 0.4) is 0 Å². The molecule has 38 heavy (non-hydrogen) atoms. The summed E-state index contributed by atoms with van der Waals surface area (Å²) in [5.41, 5.74) is 3.97. The summed E-state index contributed by atoms with van der Waals surface area (Å²) in [6.45, 7) is 3.71. The first-order valence-corrected chi connectivity index (χ1v) is 12.6. The molecule has 0 radical (unpaired) electrons. The van der Waals surface area contributed by atoms with Crippen LogP contribution in [0.1, 0.15) is 31.8 Å². The summed E-state index contributed by atoms with van der Waals surface area (Å²) in [5, 5.41) is 26.1. The van der Waals surface area contributed by atoms with Crippen molar-refractivity contribution in [1.82, 2.24) is 0 Å². The van der Waals surface area contributed by atoms with Crippen LogP contribution in [0.2, 0.25) is 20.1 Å². The molecule has 4 aromatic rings. The van der Waals surface area contributed by atoms with Crippen LogP contribution < -0.4 is 10.6 Å². The number of para-hydroxylation sites is 2. The van der Waals surface area contributed by atoms with Gasteiger partial charge < -0.3 is 20.8 Å². The summed E-state index contributed by atoms with van der Waals surface area (Å²) in [6.07, 6.45) is 0. The Balaban J connectivity index is 0.000000211.